The van der Waals surface area contributed by atoms with Crippen LogP contribution in [0.15, 0.2) is 12.1 Å². The number of carboxylic acids is 2. The molecule has 10 nitrogen and oxygen atoms in total. The molecule has 1 aromatic carbocycles. The third-order valence-electron chi connectivity index (χ3n) is 10.0. The molecule has 0 atom stereocenters. The van der Waals surface area contributed by atoms with Gasteiger partial charge in [-0.25, -0.2) is 9.59 Å². The van der Waals surface area contributed by atoms with E-state index >= 15 is 0 Å². The van der Waals surface area contributed by atoms with Crippen LogP contribution >= 0.6 is 0 Å². The molecule has 0 saturated carbocycles. The van der Waals surface area contributed by atoms with Crippen molar-refractivity contribution in [2.24, 2.45) is 10.8 Å². The van der Waals surface area contributed by atoms with Gasteiger partial charge in [0.1, 0.15) is 0 Å². The second-order valence-electron chi connectivity index (χ2n) is 18.2. The number of hydrogen-bond acceptors (Lipinski definition) is 8. The Bertz CT molecular complexity index is 1220. The molecule has 0 amide bonds. The summed E-state index contributed by atoms with van der Waals surface area (Å²) >= 11 is 0. The van der Waals surface area contributed by atoms with Gasteiger partial charge in [-0.05, 0) is 91.5 Å². The maximum absolute atomic E-state index is 12.6. The lowest BCUT2D eigenvalue weighted by molar-refractivity contribution is -0.327. The van der Waals surface area contributed by atoms with Crippen molar-refractivity contribution in [1.82, 2.24) is 10.6 Å². The molecule has 0 unspecified atom stereocenters. The number of piperidine rings is 2. The van der Waals surface area contributed by atoms with E-state index in [4.69, 9.17) is 18.9 Å². The fourth-order valence-electron chi connectivity index (χ4n) is 9.18. The summed E-state index contributed by atoms with van der Waals surface area (Å²) in [5.41, 5.74) is -0.673. The smallest absolute Gasteiger partial charge is 0.335 e. The summed E-state index contributed by atoms with van der Waals surface area (Å²) in [6.45, 7) is 22.7. The van der Waals surface area contributed by atoms with Crippen LogP contribution in [0.5, 0.6) is 0 Å². The second-order valence-corrected chi connectivity index (χ2v) is 18.2. The molecule has 4 aliphatic rings. The van der Waals surface area contributed by atoms with Crippen molar-refractivity contribution < 1.29 is 38.7 Å². The highest BCUT2D eigenvalue weighted by Gasteiger charge is 2.54. The Morgan fingerprint density at radius 3 is 1.07 bits per heavy atom. The van der Waals surface area contributed by atoms with E-state index in [-0.39, 0.29) is 33.3 Å². The Labute approximate surface area is 274 Å². The van der Waals surface area contributed by atoms with Gasteiger partial charge >= 0.3 is 11.9 Å². The zero-order chi connectivity index (χ0) is 34.2. The Morgan fingerprint density at radius 1 is 0.565 bits per heavy atom. The van der Waals surface area contributed by atoms with Gasteiger partial charge in [0.2, 0.25) is 0 Å². The Balaban J connectivity index is 1.42. The monoisotopic (exact) mass is 644 g/mol. The highest BCUT2D eigenvalue weighted by Crippen LogP contribution is 2.47. The minimum atomic E-state index is -1.09. The van der Waals surface area contributed by atoms with Crippen LogP contribution in [0.25, 0.3) is 0 Å². The molecule has 5 rings (SSSR count). The molecule has 258 valence electrons. The Morgan fingerprint density at radius 2 is 0.826 bits per heavy atom. The quantitative estimate of drug-likeness (QED) is 0.312. The summed E-state index contributed by atoms with van der Waals surface area (Å²) in [6.07, 6.45) is 3.32. The van der Waals surface area contributed by atoms with Crippen molar-refractivity contribution in [3.63, 3.8) is 0 Å². The van der Waals surface area contributed by atoms with Crippen molar-refractivity contribution in [3.05, 3.63) is 34.4 Å². The Kier molecular flexibility index (Phi) is 8.61. The molecule has 0 aromatic heterocycles. The molecule has 1 aromatic rings. The normalized spacial score (nSPS) is 28.0. The summed E-state index contributed by atoms with van der Waals surface area (Å²) in [7, 11) is 0. The molecule has 2 spiro atoms. The van der Waals surface area contributed by atoms with Gasteiger partial charge in [-0.3, -0.25) is 0 Å². The summed E-state index contributed by atoms with van der Waals surface area (Å²) in [6, 6.07) is 2.84. The molecule has 4 saturated heterocycles. The van der Waals surface area contributed by atoms with Crippen molar-refractivity contribution >= 4 is 11.9 Å². The predicted molar refractivity (Wildman–Crippen MR) is 174 cm³/mol. The van der Waals surface area contributed by atoms with Gasteiger partial charge < -0.3 is 39.8 Å². The number of carboxylic acid groups (broad SMARTS) is 2. The third-order valence-corrected chi connectivity index (χ3v) is 10.0. The maximum Gasteiger partial charge on any atom is 0.335 e. The largest absolute Gasteiger partial charge is 0.478 e. The summed E-state index contributed by atoms with van der Waals surface area (Å²) < 4.78 is 26.3. The highest BCUT2D eigenvalue weighted by molar-refractivity contribution is 5.95. The van der Waals surface area contributed by atoms with Crippen LogP contribution in [-0.4, -0.2) is 82.3 Å². The standard InChI is InChI=1S/C36H56N2O8/c1-29(2)15-35(16-30(3,4)37-29)43-19-33(9,20-44-35)13-25-23(27(39)40)11-12-24(28(41)42)26(25)14-34(10)21-45-36(46-22-34)17-31(5,6)38-32(7,8)18-36/h11-12,37-38H,13-22H2,1-10H3,(H,39,40)(H,41,42). The van der Waals surface area contributed by atoms with E-state index in [1.165, 1.54) is 12.1 Å². The second kappa shape index (κ2) is 11.2. The van der Waals surface area contributed by atoms with Gasteiger partial charge in [-0.2, -0.15) is 0 Å². The number of hydrogen-bond donors (Lipinski definition) is 4. The molecular formula is C36H56N2O8. The van der Waals surface area contributed by atoms with E-state index in [1.54, 1.807) is 0 Å². The van der Waals surface area contributed by atoms with Gasteiger partial charge in [0.05, 0.1) is 37.6 Å². The topological polar surface area (TPSA) is 136 Å². The number of nitrogens with one attached hydrogen (secondary N) is 2. The van der Waals surface area contributed by atoms with Crippen molar-refractivity contribution in [1.29, 1.82) is 0 Å². The molecule has 4 aliphatic heterocycles. The van der Waals surface area contributed by atoms with E-state index in [2.05, 4.69) is 66.0 Å². The van der Waals surface area contributed by atoms with E-state index < -0.39 is 34.3 Å². The first-order valence-electron chi connectivity index (χ1n) is 16.6. The number of carbonyl (C=O) groups is 2. The lowest BCUT2D eigenvalue weighted by Crippen LogP contribution is -2.67. The zero-order valence-electron chi connectivity index (χ0n) is 29.6. The summed E-state index contributed by atoms with van der Waals surface area (Å²) in [4.78, 5) is 25.2. The summed E-state index contributed by atoms with van der Waals surface area (Å²) in [5.74, 6) is -3.66. The first kappa shape index (κ1) is 35.2. The molecule has 46 heavy (non-hydrogen) atoms. The fraction of sp³-hybridized carbons (Fsp3) is 0.778. The van der Waals surface area contributed by atoms with E-state index in [0.29, 0.717) is 76.1 Å². The molecule has 10 heteroatoms. The minimum Gasteiger partial charge on any atom is -0.478 e. The SMILES string of the molecule is CC1(Cc2c(C(=O)O)ccc(C(=O)O)c2CC2(C)COC3(CC(C)(C)NC(C)(C)C3)OC2)COC2(CC(C)(C)NC(C)(C)C2)OC1. The van der Waals surface area contributed by atoms with Crippen LogP contribution in [0.1, 0.15) is 127 Å². The lowest BCUT2D eigenvalue weighted by atomic mass is 9.74. The van der Waals surface area contributed by atoms with Crippen molar-refractivity contribution in [3.8, 4) is 0 Å². The maximum atomic E-state index is 12.6. The van der Waals surface area contributed by atoms with Crippen LogP contribution in [0, 0.1) is 10.8 Å². The predicted octanol–water partition coefficient (Wildman–Crippen LogP) is 5.55. The molecule has 0 bridgehead atoms. The third kappa shape index (κ3) is 7.47. The first-order valence-corrected chi connectivity index (χ1v) is 16.6. The lowest BCUT2D eigenvalue weighted by Gasteiger charge is -2.56. The highest BCUT2D eigenvalue weighted by atomic mass is 16.7. The van der Waals surface area contributed by atoms with E-state index in [9.17, 15) is 19.8 Å². The van der Waals surface area contributed by atoms with Gasteiger partial charge in [0, 0.05) is 58.7 Å². The zero-order valence-corrected chi connectivity index (χ0v) is 29.6. The van der Waals surface area contributed by atoms with Gasteiger partial charge in [0.15, 0.2) is 11.6 Å². The van der Waals surface area contributed by atoms with Gasteiger partial charge in [0.25, 0.3) is 0 Å². The van der Waals surface area contributed by atoms with Crippen LogP contribution in [-0.2, 0) is 31.8 Å². The molecular weight excluding hydrogens is 588 g/mol. The fourth-order valence-corrected chi connectivity index (χ4v) is 9.18. The van der Waals surface area contributed by atoms with Crippen LogP contribution in [0.4, 0.5) is 0 Å². The van der Waals surface area contributed by atoms with Crippen molar-refractivity contribution in [2.45, 2.75) is 141 Å². The number of benzene rings is 1. The number of rotatable bonds is 6. The van der Waals surface area contributed by atoms with Gasteiger partial charge in [-0.1, -0.05) is 13.8 Å². The van der Waals surface area contributed by atoms with Crippen LogP contribution < -0.4 is 10.6 Å². The Hall–Kier alpha value is -2.08. The van der Waals surface area contributed by atoms with Crippen molar-refractivity contribution in [2.75, 3.05) is 26.4 Å². The van der Waals surface area contributed by atoms with Crippen LogP contribution in [0.2, 0.25) is 0 Å². The summed E-state index contributed by atoms with van der Waals surface area (Å²) in [5, 5.41) is 28.0. The van der Waals surface area contributed by atoms with Crippen LogP contribution in [0.3, 0.4) is 0 Å². The molecule has 0 aliphatic carbocycles. The molecule has 4 heterocycles. The number of aromatic carboxylic acids is 2. The average Bonchev–Trinajstić information content (AvgIpc) is 2.85. The number of ether oxygens (including phenoxy) is 4. The molecule has 4 N–H and O–H groups in total. The van der Waals surface area contributed by atoms with E-state index in [1.807, 2.05) is 13.8 Å². The van der Waals surface area contributed by atoms with E-state index in [0.717, 1.165) is 0 Å². The first-order chi connectivity index (χ1) is 20.9. The van der Waals surface area contributed by atoms with Gasteiger partial charge in [-0.15, -0.1) is 0 Å². The molecule has 4 fully saturated rings. The average molecular weight is 645 g/mol. The minimum absolute atomic E-state index is 0.102. The molecule has 0 radical (unpaired) electrons.